The van der Waals surface area contributed by atoms with Crippen LogP contribution in [0, 0.1) is 10.1 Å². The average Bonchev–Trinajstić information content (AvgIpc) is 3.51. The number of carbonyl (C=O) groups excluding carboxylic acids is 1. The van der Waals surface area contributed by atoms with Crippen LogP contribution in [0.1, 0.15) is 276 Å². The largest absolute Gasteiger partial charge is 0.497 e. The van der Waals surface area contributed by atoms with Gasteiger partial charge in [-0.05, 0) is 62.6 Å². The number of anilines is 1. The fourth-order valence-corrected chi connectivity index (χ4v) is 10.8. The molecule has 68 heavy (non-hydrogen) atoms. The van der Waals surface area contributed by atoms with Crippen molar-refractivity contribution >= 4 is 23.4 Å². The van der Waals surface area contributed by atoms with Gasteiger partial charge in [-0.1, -0.05) is 226 Å². The SMILES string of the molecule is CCCCCCCCCCCCCCCCCCCCCC(=O)OCc1cc([N+](=O)[O-])cc2c1OC1(C=C2)N(CCCCCCCCCCCCCCCCCC)c2ccc(OC)cc2C1(C)C. The molecule has 0 fully saturated rings. The van der Waals surface area contributed by atoms with Crippen LogP contribution in [-0.2, 0) is 21.6 Å². The Labute approximate surface area is 415 Å². The fraction of sp³-hybridized carbons (Fsp3) is 0.750. The molecule has 0 aromatic heterocycles. The lowest BCUT2D eigenvalue weighted by molar-refractivity contribution is -0.385. The molecule has 2 aromatic carbocycles. The highest BCUT2D eigenvalue weighted by molar-refractivity contribution is 5.75. The zero-order valence-electron chi connectivity index (χ0n) is 44.3. The molecule has 1 spiro atoms. The number of nitro benzene ring substituents is 1. The van der Waals surface area contributed by atoms with Gasteiger partial charge in [-0.2, -0.15) is 0 Å². The van der Waals surface area contributed by atoms with Crippen LogP contribution in [0.5, 0.6) is 11.5 Å². The van der Waals surface area contributed by atoms with Crippen molar-refractivity contribution in [2.75, 3.05) is 18.6 Å². The molecule has 2 aromatic rings. The number of hydrogen-bond donors (Lipinski definition) is 0. The molecule has 0 N–H and O–H groups in total. The third-order valence-electron chi connectivity index (χ3n) is 15.2. The van der Waals surface area contributed by atoms with Crippen molar-refractivity contribution < 1.29 is 23.9 Å². The fourth-order valence-electron chi connectivity index (χ4n) is 10.8. The Morgan fingerprint density at radius 1 is 0.618 bits per heavy atom. The van der Waals surface area contributed by atoms with Crippen LogP contribution in [0.3, 0.4) is 0 Å². The molecule has 0 radical (unpaired) electrons. The predicted octanol–water partition coefficient (Wildman–Crippen LogP) is 18.6. The van der Waals surface area contributed by atoms with Gasteiger partial charge in [0, 0.05) is 41.9 Å². The zero-order valence-corrected chi connectivity index (χ0v) is 44.3. The van der Waals surface area contributed by atoms with Crippen LogP contribution >= 0.6 is 0 Å². The van der Waals surface area contributed by atoms with Crippen molar-refractivity contribution in [3.05, 3.63) is 63.2 Å². The van der Waals surface area contributed by atoms with Gasteiger partial charge in [-0.3, -0.25) is 14.9 Å². The summed E-state index contributed by atoms with van der Waals surface area (Å²) in [5.74, 6) is 1.06. The van der Waals surface area contributed by atoms with E-state index in [1.54, 1.807) is 13.2 Å². The summed E-state index contributed by atoms with van der Waals surface area (Å²) >= 11 is 0. The van der Waals surface area contributed by atoms with Gasteiger partial charge in [0.1, 0.15) is 18.1 Å². The number of nitro groups is 1. The van der Waals surface area contributed by atoms with Gasteiger partial charge in [-0.15, -0.1) is 0 Å². The lowest BCUT2D eigenvalue weighted by Crippen LogP contribution is -2.59. The summed E-state index contributed by atoms with van der Waals surface area (Å²) in [5.41, 5.74) is 1.94. The molecule has 8 heteroatoms. The molecule has 2 aliphatic rings. The van der Waals surface area contributed by atoms with Gasteiger partial charge in [0.05, 0.1) is 17.4 Å². The van der Waals surface area contributed by atoms with E-state index in [0.29, 0.717) is 23.3 Å². The van der Waals surface area contributed by atoms with Crippen molar-refractivity contribution in [2.45, 2.75) is 277 Å². The number of unbranched alkanes of at least 4 members (excludes halogenated alkanes) is 33. The third-order valence-corrected chi connectivity index (χ3v) is 15.2. The number of hydrogen-bond acceptors (Lipinski definition) is 7. The minimum Gasteiger partial charge on any atom is -0.497 e. The summed E-state index contributed by atoms with van der Waals surface area (Å²) in [6.45, 7) is 9.71. The monoisotopic (exact) mass is 943 g/mol. The quantitative estimate of drug-likeness (QED) is 0.0284. The van der Waals surface area contributed by atoms with Crippen LogP contribution in [0.4, 0.5) is 11.4 Å². The molecule has 4 rings (SSSR count). The second kappa shape index (κ2) is 33.1. The van der Waals surface area contributed by atoms with Crippen LogP contribution in [0.25, 0.3) is 6.08 Å². The maximum atomic E-state index is 13.1. The molecule has 2 aliphatic heterocycles. The summed E-state index contributed by atoms with van der Waals surface area (Å²) in [6.07, 6.45) is 50.4. The van der Waals surface area contributed by atoms with E-state index in [1.807, 2.05) is 12.1 Å². The number of non-ortho nitro benzene ring substituents is 1. The lowest BCUT2D eigenvalue weighted by Gasteiger charge is -2.47. The first-order chi connectivity index (χ1) is 33.2. The summed E-state index contributed by atoms with van der Waals surface area (Å²) < 4.78 is 18.8. The second-order valence-electron chi connectivity index (χ2n) is 21.1. The number of benzene rings is 2. The van der Waals surface area contributed by atoms with E-state index in [0.717, 1.165) is 55.6 Å². The van der Waals surface area contributed by atoms with Crippen molar-refractivity contribution in [3.8, 4) is 11.5 Å². The van der Waals surface area contributed by atoms with Gasteiger partial charge < -0.3 is 19.1 Å². The van der Waals surface area contributed by atoms with Gasteiger partial charge in [0.2, 0.25) is 5.72 Å². The molecular weight excluding hydrogens is 845 g/mol. The molecule has 0 bridgehead atoms. The van der Waals surface area contributed by atoms with E-state index in [9.17, 15) is 14.9 Å². The molecule has 384 valence electrons. The smallest absolute Gasteiger partial charge is 0.306 e. The number of carbonyl (C=O) groups is 1. The van der Waals surface area contributed by atoms with Crippen LogP contribution < -0.4 is 14.4 Å². The van der Waals surface area contributed by atoms with Crippen molar-refractivity contribution in [1.29, 1.82) is 0 Å². The Balaban J connectivity index is 1.21. The maximum Gasteiger partial charge on any atom is 0.306 e. The summed E-state index contributed by atoms with van der Waals surface area (Å²) in [4.78, 5) is 27.2. The third kappa shape index (κ3) is 19.0. The topological polar surface area (TPSA) is 91.1 Å². The Bertz CT molecular complexity index is 1740. The highest BCUT2D eigenvalue weighted by Crippen LogP contribution is 2.56. The molecule has 0 aliphatic carbocycles. The Morgan fingerprint density at radius 2 is 1.06 bits per heavy atom. The van der Waals surface area contributed by atoms with E-state index in [2.05, 4.69) is 50.8 Å². The Kier molecular flexibility index (Phi) is 27.8. The van der Waals surface area contributed by atoms with Gasteiger partial charge in [0.15, 0.2) is 0 Å². The maximum absolute atomic E-state index is 13.1. The summed E-state index contributed by atoms with van der Waals surface area (Å²) in [5, 5.41) is 12.1. The van der Waals surface area contributed by atoms with E-state index >= 15 is 0 Å². The number of esters is 1. The van der Waals surface area contributed by atoms with E-state index in [-0.39, 0.29) is 23.2 Å². The standard InChI is InChI=1S/C60H98N2O6/c1-6-8-10-12-14-16-18-20-22-24-25-26-27-29-31-33-35-37-39-41-57(63)67-50-52-48-53(62(64)65)47-51-44-45-60(68-58(51)52)59(3,4)55-49-54(66-5)42-43-56(55)61(60)46-40-38-36-34-32-30-28-23-21-19-17-15-13-11-9-7-2/h42-45,47-49H,6-41,46,50H2,1-5H3. The van der Waals surface area contributed by atoms with Crippen LogP contribution in [0.15, 0.2) is 36.4 Å². The number of fused-ring (bicyclic) bond motifs is 2. The number of rotatable bonds is 41. The zero-order chi connectivity index (χ0) is 48.7. The number of methoxy groups -OCH3 is 1. The Hall–Kier alpha value is -3.55. The molecular formula is C60H98N2O6. The highest BCUT2D eigenvalue weighted by atomic mass is 16.6. The average molecular weight is 943 g/mol. The summed E-state index contributed by atoms with van der Waals surface area (Å²) in [7, 11) is 1.70. The first-order valence-corrected chi connectivity index (χ1v) is 28.5. The molecule has 1 unspecified atom stereocenters. The first kappa shape index (κ1) is 57.0. The van der Waals surface area contributed by atoms with E-state index < -0.39 is 11.1 Å². The van der Waals surface area contributed by atoms with Crippen molar-refractivity contribution in [3.63, 3.8) is 0 Å². The second-order valence-corrected chi connectivity index (χ2v) is 21.1. The molecule has 0 saturated heterocycles. The van der Waals surface area contributed by atoms with Gasteiger partial charge in [0.25, 0.3) is 5.69 Å². The summed E-state index contributed by atoms with van der Waals surface area (Å²) in [6, 6.07) is 9.37. The van der Waals surface area contributed by atoms with Crippen LogP contribution in [0.2, 0.25) is 0 Å². The lowest BCUT2D eigenvalue weighted by atomic mass is 9.76. The molecule has 1 atom stereocenters. The molecule has 8 nitrogen and oxygen atoms in total. The van der Waals surface area contributed by atoms with Gasteiger partial charge in [-0.25, -0.2) is 0 Å². The number of nitrogens with zero attached hydrogens (tertiary/aromatic N) is 2. The first-order valence-electron chi connectivity index (χ1n) is 28.5. The highest BCUT2D eigenvalue weighted by Gasteiger charge is 2.59. The van der Waals surface area contributed by atoms with Crippen molar-refractivity contribution in [1.82, 2.24) is 0 Å². The Morgan fingerprint density at radius 3 is 1.50 bits per heavy atom. The molecule has 0 amide bonds. The van der Waals surface area contributed by atoms with E-state index in [4.69, 9.17) is 14.2 Å². The van der Waals surface area contributed by atoms with Crippen LogP contribution in [-0.4, -0.2) is 30.3 Å². The minimum atomic E-state index is -0.897. The van der Waals surface area contributed by atoms with Gasteiger partial charge >= 0.3 is 5.97 Å². The number of ether oxygens (including phenoxy) is 3. The predicted molar refractivity (Wildman–Crippen MR) is 286 cm³/mol. The normalized spacial score (nSPS) is 15.7. The minimum absolute atomic E-state index is 0.0403. The van der Waals surface area contributed by atoms with E-state index in [1.165, 1.54) is 199 Å². The van der Waals surface area contributed by atoms with Crippen molar-refractivity contribution in [2.24, 2.45) is 0 Å². The molecule has 2 heterocycles. The molecule has 0 saturated carbocycles.